The molecule has 0 aromatic heterocycles. The molecule has 0 spiro atoms. The summed E-state index contributed by atoms with van der Waals surface area (Å²) in [6, 6.07) is 23.0. The molecule has 2 atom stereocenters. The summed E-state index contributed by atoms with van der Waals surface area (Å²) in [6.07, 6.45) is 1.56. The van der Waals surface area contributed by atoms with Gasteiger partial charge in [-0.3, -0.25) is 4.79 Å². The van der Waals surface area contributed by atoms with Crippen LogP contribution in [0.4, 0.5) is 4.39 Å². The number of aldehydes is 1. The Hall–Kier alpha value is -2.98. The molecule has 0 saturated carbocycles. The van der Waals surface area contributed by atoms with E-state index in [1.54, 1.807) is 36.4 Å². The van der Waals surface area contributed by atoms with Crippen molar-refractivity contribution in [1.29, 1.82) is 0 Å². The van der Waals surface area contributed by atoms with Crippen molar-refractivity contribution < 1.29 is 18.7 Å². The Morgan fingerprint density at radius 2 is 1.72 bits per heavy atom. The quantitative estimate of drug-likeness (QED) is 0.324. The van der Waals surface area contributed by atoms with Crippen LogP contribution in [0.3, 0.4) is 0 Å². The van der Waals surface area contributed by atoms with Gasteiger partial charge in [-0.25, -0.2) is 4.39 Å². The fraction of sp³-hybridized carbons (Fsp3) is 0.240. The molecule has 0 N–H and O–H groups in total. The van der Waals surface area contributed by atoms with E-state index in [-0.39, 0.29) is 11.7 Å². The number of hydrogen-bond donors (Lipinski definition) is 0. The maximum absolute atomic E-state index is 13.6. The van der Waals surface area contributed by atoms with Crippen LogP contribution in [-0.4, -0.2) is 6.29 Å². The van der Waals surface area contributed by atoms with Gasteiger partial charge in [0.1, 0.15) is 17.9 Å². The summed E-state index contributed by atoms with van der Waals surface area (Å²) in [5.41, 5.74) is 2.25. The van der Waals surface area contributed by atoms with E-state index in [0.717, 1.165) is 23.8 Å². The molecule has 4 heteroatoms. The number of ether oxygens (including phenoxy) is 2. The molecule has 150 valence electrons. The fourth-order valence-corrected chi connectivity index (χ4v) is 3.24. The van der Waals surface area contributed by atoms with E-state index in [1.165, 1.54) is 12.1 Å². The molecule has 0 radical (unpaired) electrons. The zero-order valence-corrected chi connectivity index (χ0v) is 16.7. The number of carbonyl (C=O) groups excluding carboxylic acids is 1. The Bertz CT molecular complexity index is 924. The Kier molecular flexibility index (Phi) is 6.78. The molecule has 0 aliphatic rings. The number of halogens is 1. The summed E-state index contributed by atoms with van der Waals surface area (Å²) in [7, 11) is 0. The van der Waals surface area contributed by atoms with Crippen molar-refractivity contribution in [3.05, 3.63) is 101 Å². The third kappa shape index (κ3) is 4.90. The molecule has 0 heterocycles. The van der Waals surface area contributed by atoms with Crippen LogP contribution in [0.5, 0.6) is 5.75 Å². The van der Waals surface area contributed by atoms with E-state index in [1.807, 2.05) is 37.3 Å². The molecule has 3 nitrogen and oxygen atoms in total. The lowest BCUT2D eigenvalue weighted by Gasteiger charge is -2.39. The van der Waals surface area contributed by atoms with Crippen molar-refractivity contribution in [3.63, 3.8) is 0 Å². The summed E-state index contributed by atoms with van der Waals surface area (Å²) < 4.78 is 26.5. The topological polar surface area (TPSA) is 35.5 Å². The highest BCUT2D eigenvalue weighted by Gasteiger charge is 2.41. The van der Waals surface area contributed by atoms with Gasteiger partial charge in [0.15, 0.2) is 0 Å². The largest absolute Gasteiger partial charge is 0.458 e. The van der Waals surface area contributed by atoms with Crippen LogP contribution >= 0.6 is 0 Å². The van der Waals surface area contributed by atoms with E-state index in [9.17, 15) is 9.18 Å². The Balaban J connectivity index is 2.04. The van der Waals surface area contributed by atoms with Crippen molar-refractivity contribution in [1.82, 2.24) is 0 Å². The van der Waals surface area contributed by atoms with Gasteiger partial charge in [0, 0.05) is 17.0 Å². The lowest BCUT2D eigenvalue weighted by molar-refractivity contribution is -0.232. The van der Waals surface area contributed by atoms with Crippen LogP contribution in [0.25, 0.3) is 0 Å². The maximum atomic E-state index is 13.6. The number of rotatable bonds is 9. The minimum atomic E-state index is -1.14. The van der Waals surface area contributed by atoms with Crippen LogP contribution < -0.4 is 4.74 Å². The molecule has 0 fully saturated rings. The molecule has 3 rings (SSSR count). The predicted octanol–water partition coefficient (Wildman–Crippen LogP) is 6.13. The fourth-order valence-electron chi connectivity index (χ4n) is 3.24. The zero-order chi connectivity index (χ0) is 20.7. The molecular formula is C25H25FO3. The Morgan fingerprint density at radius 1 is 1.00 bits per heavy atom. The summed E-state index contributed by atoms with van der Waals surface area (Å²) in [5, 5.41) is 0. The van der Waals surface area contributed by atoms with Crippen LogP contribution in [0.2, 0.25) is 0 Å². The molecule has 3 aromatic rings. The molecule has 0 amide bonds. The van der Waals surface area contributed by atoms with Crippen molar-refractivity contribution in [2.75, 3.05) is 0 Å². The average Bonchev–Trinajstić information content (AvgIpc) is 2.77. The highest BCUT2D eigenvalue weighted by atomic mass is 19.1. The van der Waals surface area contributed by atoms with Gasteiger partial charge >= 0.3 is 0 Å². The molecule has 0 saturated heterocycles. The summed E-state index contributed by atoms with van der Waals surface area (Å²) >= 11 is 0. The minimum absolute atomic E-state index is 0.0449. The second kappa shape index (κ2) is 9.48. The summed E-state index contributed by atoms with van der Waals surface area (Å²) in [5.74, 6) is -0.985. The normalized spacial score (nSPS) is 14.0. The molecular weight excluding hydrogens is 367 g/mol. The van der Waals surface area contributed by atoms with Crippen LogP contribution in [0, 0.1) is 11.7 Å². The molecule has 29 heavy (non-hydrogen) atoms. The highest BCUT2D eigenvalue weighted by Crippen LogP contribution is 2.39. The first-order valence-corrected chi connectivity index (χ1v) is 9.75. The molecule has 2 unspecified atom stereocenters. The lowest BCUT2D eigenvalue weighted by atomic mass is 9.90. The van der Waals surface area contributed by atoms with Crippen molar-refractivity contribution in [2.24, 2.45) is 5.92 Å². The van der Waals surface area contributed by atoms with Crippen molar-refractivity contribution in [2.45, 2.75) is 32.7 Å². The third-order valence-corrected chi connectivity index (χ3v) is 5.07. The standard InChI is InChI=1S/C25H25FO3/c1-3-19(2)25(22-12-14-23(26)15-13-22,28-18-20-8-5-4-6-9-20)29-24-11-7-10-21(16-24)17-27/h4-17,19H,3,18H2,1-2H3. The first kappa shape index (κ1) is 20.7. The van der Waals surface area contributed by atoms with Gasteiger partial charge < -0.3 is 9.47 Å². The van der Waals surface area contributed by atoms with E-state index < -0.39 is 5.79 Å². The second-order valence-corrected chi connectivity index (χ2v) is 7.05. The van der Waals surface area contributed by atoms with Gasteiger partial charge in [0.25, 0.3) is 0 Å². The third-order valence-electron chi connectivity index (χ3n) is 5.07. The Labute approximate surface area is 171 Å². The van der Waals surface area contributed by atoms with Crippen molar-refractivity contribution in [3.8, 4) is 5.75 Å². The number of carbonyl (C=O) groups is 1. The average molecular weight is 392 g/mol. The smallest absolute Gasteiger partial charge is 0.240 e. The first-order chi connectivity index (χ1) is 14.1. The SMILES string of the molecule is CCC(C)C(OCc1ccccc1)(Oc1cccc(C=O)c1)c1ccc(F)cc1. The van der Waals surface area contributed by atoms with E-state index >= 15 is 0 Å². The first-order valence-electron chi connectivity index (χ1n) is 9.75. The second-order valence-electron chi connectivity index (χ2n) is 7.05. The van der Waals surface area contributed by atoms with Gasteiger partial charge in [-0.05, 0) is 48.4 Å². The molecule has 0 aliphatic carbocycles. The highest BCUT2D eigenvalue weighted by molar-refractivity contribution is 5.75. The maximum Gasteiger partial charge on any atom is 0.240 e. The molecule has 3 aromatic carbocycles. The van der Waals surface area contributed by atoms with Gasteiger partial charge in [-0.2, -0.15) is 0 Å². The number of benzene rings is 3. The van der Waals surface area contributed by atoms with Crippen LogP contribution in [0.15, 0.2) is 78.9 Å². The van der Waals surface area contributed by atoms with E-state index in [4.69, 9.17) is 9.47 Å². The lowest BCUT2D eigenvalue weighted by Crippen LogP contribution is -2.42. The minimum Gasteiger partial charge on any atom is -0.458 e. The molecule has 0 bridgehead atoms. The van der Waals surface area contributed by atoms with Gasteiger partial charge in [0.05, 0.1) is 6.61 Å². The zero-order valence-electron chi connectivity index (χ0n) is 16.7. The van der Waals surface area contributed by atoms with E-state index in [2.05, 4.69) is 6.92 Å². The van der Waals surface area contributed by atoms with Crippen LogP contribution in [0.1, 0.15) is 41.8 Å². The summed E-state index contributed by atoms with van der Waals surface area (Å²) in [6.45, 7) is 4.42. The van der Waals surface area contributed by atoms with Crippen LogP contribution in [-0.2, 0) is 17.1 Å². The number of hydrogen-bond acceptors (Lipinski definition) is 3. The predicted molar refractivity (Wildman–Crippen MR) is 111 cm³/mol. The van der Waals surface area contributed by atoms with Gasteiger partial charge in [-0.15, -0.1) is 0 Å². The van der Waals surface area contributed by atoms with Gasteiger partial charge in [0.2, 0.25) is 5.79 Å². The monoisotopic (exact) mass is 392 g/mol. The van der Waals surface area contributed by atoms with Crippen molar-refractivity contribution >= 4 is 6.29 Å². The molecule has 0 aliphatic heterocycles. The summed E-state index contributed by atoms with van der Waals surface area (Å²) in [4.78, 5) is 11.2. The van der Waals surface area contributed by atoms with E-state index in [0.29, 0.717) is 17.9 Å². The Morgan fingerprint density at radius 3 is 2.38 bits per heavy atom. The van der Waals surface area contributed by atoms with Gasteiger partial charge in [-0.1, -0.05) is 56.3 Å².